The predicted molar refractivity (Wildman–Crippen MR) is 71.4 cm³/mol. The van der Waals surface area contributed by atoms with Gasteiger partial charge in [-0.2, -0.15) is 0 Å². The number of rotatable bonds is 2. The highest BCUT2D eigenvalue weighted by atomic mass is 16.3. The lowest BCUT2D eigenvalue weighted by molar-refractivity contribution is 0.112. The van der Waals surface area contributed by atoms with Gasteiger partial charge < -0.3 is 10.2 Å². The van der Waals surface area contributed by atoms with E-state index in [9.17, 15) is 4.79 Å². The lowest BCUT2D eigenvalue weighted by Crippen LogP contribution is -1.92. The smallest absolute Gasteiger partial charge is 0.152 e. The van der Waals surface area contributed by atoms with Crippen LogP contribution in [0.1, 0.15) is 10.4 Å². The number of fused-ring (bicyclic) bond motifs is 1. The first-order valence-electron chi connectivity index (χ1n) is 5.61. The van der Waals surface area contributed by atoms with Gasteiger partial charge in [-0.25, -0.2) is 0 Å². The Labute approximate surface area is 104 Å². The van der Waals surface area contributed by atoms with Gasteiger partial charge in [0.1, 0.15) is 11.3 Å². The summed E-state index contributed by atoms with van der Waals surface area (Å²) in [6, 6.07) is 15.0. The molecule has 3 aromatic rings. The summed E-state index contributed by atoms with van der Waals surface area (Å²) in [5.41, 5.74) is 8.46. The Kier molecular flexibility index (Phi) is 2.38. The van der Waals surface area contributed by atoms with Gasteiger partial charge in [-0.05, 0) is 24.3 Å². The van der Waals surface area contributed by atoms with Crippen LogP contribution in [0.4, 0.5) is 5.69 Å². The minimum atomic E-state index is 0.461. The SMILES string of the molecule is Nc1cc(-c2cc3ccccc3o2)ccc1C=O. The van der Waals surface area contributed by atoms with Crippen molar-refractivity contribution in [1.82, 2.24) is 0 Å². The number of anilines is 1. The summed E-state index contributed by atoms with van der Waals surface area (Å²) in [5, 5.41) is 1.05. The Morgan fingerprint density at radius 2 is 1.89 bits per heavy atom. The molecule has 1 aromatic heterocycles. The Morgan fingerprint density at radius 3 is 2.61 bits per heavy atom. The van der Waals surface area contributed by atoms with Gasteiger partial charge in [0.25, 0.3) is 0 Å². The summed E-state index contributed by atoms with van der Waals surface area (Å²) < 4.78 is 5.74. The Morgan fingerprint density at radius 1 is 1.06 bits per heavy atom. The van der Waals surface area contributed by atoms with E-state index < -0.39 is 0 Å². The Bertz CT molecular complexity index is 695. The van der Waals surface area contributed by atoms with E-state index in [1.54, 1.807) is 12.1 Å². The summed E-state index contributed by atoms with van der Waals surface area (Å²) in [4.78, 5) is 10.7. The second kappa shape index (κ2) is 4.04. The zero-order chi connectivity index (χ0) is 12.5. The molecule has 0 aliphatic rings. The van der Waals surface area contributed by atoms with Crippen molar-refractivity contribution in [2.75, 3.05) is 5.73 Å². The van der Waals surface area contributed by atoms with Crippen LogP contribution in [0.3, 0.4) is 0 Å². The second-order valence-electron chi connectivity index (χ2n) is 4.11. The first-order chi connectivity index (χ1) is 8.78. The van der Waals surface area contributed by atoms with Gasteiger partial charge in [0, 0.05) is 22.2 Å². The van der Waals surface area contributed by atoms with E-state index in [4.69, 9.17) is 10.2 Å². The molecule has 0 fully saturated rings. The van der Waals surface area contributed by atoms with Gasteiger partial charge in [-0.3, -0.25) is 4.79 Å². The van der Waals surface area contributed by atoms with E-state index in [1.807, 2.05) is 36.4 Å². The lowest BCUT2D eigenvalue weighted by atomic mass is 10.1. The highest BCUT2D eigenvalue weighted by molar-refractivity contribution is 5.87. The minimum Gasteiger partial charge on any atom is -0.456 e. The van der Waals surface area contributed by atoms with Crippen LogP contribution in [0.15, 0.2) is 52.9 Å². The number of carbonyl (C=O) groups excluding carboxylic acids is 1. The monoisotopic (exact) mass is 237 g/mol. The topological polar surface area (TPSA) is 56.2 Å². The van der Waals surface area contributed by atoms with Crippen LogP contribution >= 0.6 is 0 Å². The van der Waals surface area contributed by atoms with Gasteiger partial charge in [-0.15, -0.1) is 0 Å². The number of nitrogens with two attached hydrogens (primary N) is 1. The van der Waals surface area contributed by atoms with Crippen LogP contribution in [0, 0.1) is 0 Å². The number of carbonyl (C=O) groups is 1. The quantitative estimate of drug-likeness (QED) is 0.548. The molecular formula is C15H11NO2. The molecule has 0 unspecified atom stereocenters. The number of furan rings is 1. The van der Waals surface area contributed by atoms with Crippen molar-refractivity contribution in [3.63, 3.8) is 0 Å². The molecule has 0 bridgehead atoms. The second-order valence-corrected chi connectivity index (χ2v) is 4.11. The molecule has 0 aliphatic carbocycles. The van der Waals surface area contributed by atoms with E-state index in [2.05, 4.69) is 0 Å². The van der Waals surface area contributed by atoms with Crippen LogP contribution < -0.4 is 5.73 Å². The van der Waals surface area contributed by atoms with Crippen molar-refractivity contribution in [2.24, 2.45) is 0 Å². The highest BCUT2D eigenvalue weighted by Gasteiger charge is 2.07. The summed E-state index contributed by atoms with van der Waals surface area (Å²) in [6.07, 6.45) is 0.748. The number of hydrogen-bond donors (Lipinski definition) is 1. The minimum absolute atomic E-state index is 0.461. The normalized spacial score (nSPS) is 10.7. The summed E-state index contributed by atoms with van der Waals surface area (Å²) in [6.45, 7) is 0. The maximum absolute atomic E-state index is 10.7. The average molecular weight is 237 g/mol. The molecule has 2 N–H and O–H groups in total. The first-order valence-corrected chi connectivity index (χ1v) is 5.61. The predicted octanol–water partition coefficient (Wildman–Crippen LogP) is 3.49. The zero-order valence-electron chi connectivity index (χ0n) is 9.59. The molecule has 18 heavy (non-hydrogen) atoms. The number of aldehydes is 1. The molecule has 0 saturated carbocycles. The summed E-state index contributed by atoms with van der Waals surface area (Å²) in [5.74, 6) is 0.750. The molecular weight excluding hydrogens is 226 g/mol. The largest absolute Gasteiger partial charge is 0.456 e. The molecule has 1 heterocycles. The van der Waals surface area contributed by atoms with Gasteiger partial charge in [0.05, 0.1) is 0 Å². The molecule has 0 saturated heterocycles. The molecule has 0 radical (unpaired) electrons. The molecule has 0 spiro atoms. The van der Waals surface area contributed by atoms with Crippen molar-refractivity contribution in [3.05, 3.63) is 54.1 Å². The number of para-hydroxylation sites is 1. The van der Waals surface area contributed by atoms with Crippen molar-refractivity contribution >= 4 is 22.9 Å². The maximum atomic E-state index is 10.7. The van der Waals surface area contributed by atoms with Gasteiger partial charge in [0.15, 0.2) is 6.29 Å². The molecule has 0 amide bonds. The average Bonchev–Trinajstić information content (AvgIpc) is 2.82. The molecule has 0 atom stereocenters. The van der Waals surface area contributed by atoms with E-state index in [0.717, 1.165) is 28.6 Å². The first kappa shape index (κ1) is 10.6. The summed E-state index contributed by atoms with van der Waals surface area (Å²) >= 11 is 0. The third-order valence-corrected chi connectivity index (χ3v) is 2.92. The van der Waals surface area contributed by atoms with Gasteiger partial charge in [0.2, 0.25) is 0 Å². The fourth-order valence-electron chi connectivity index (χ4n) is 1.96. The van der Waals surface area contributed by atoms with Crippen LogP contribution in [-0.4, -0.2) is 6.29 Å². The molecule has 3 rings (SSSR count). The molecule has 88 valence electrons. The standard InChI is InChI=1S/C15H11NO2/c16-13-7-11(5-6-12(13)9-17)15-8-10-3-1-2-4-14(10)18-15/h1-9H,16H2. The highest BCUT2D eigenvalue weighted by Crippen LogP contribution is 2.29. The third kappa shape index (κ3) is 1.66. The van der Waals surface area contributed by atoms with Crippen molar-refractivity contribution in [3.8, 4) is 11.3 Å². The fourth-order valence-corrected chi connectivity index (χ4v) is 1.96. The number of benzene rings is 2. The van der Waals surface area contributed by atoms with Gasteiger partial charge >= 0.3 is 0 Å². The zero-order valence-corrected chi connectivity index (χ0v) is 9.59. The van der Waals surface area contributed by atoms with Crippen LogP contribution in [0.25, 0.3) is 22.3 Å². The van der Waals surface area contributed by atoms with Crippen LogP contribution in [-0.2, 0) is 0 Å². The van der Waals surface area contributed by atoms with E-state index in [-0.39, 0.29) is 0 Å². The van der Waals surface area contributed by atoms with Crippen LogP contribution in [0.2, 0.25) is 0 Å². The van der Waals surface area contributed by atoms with E-state index in [0.29, 0.717) is 11.3 Å². The third-order valence-electron chi connectivity index (χ3n) is 2.92. The molecule has 3 nitrogen and oxygen atoms in total. The number of hydrogen-bond acceptors (Lipinski definition) is 3. The summed E-state index contributed by atoms with van der Waals surface area (Å²) in [7, 11) is 0. The molecule has 3 heteroatoms. The number of nitrogen functional groups attached to an aromatic ring is 1. The van der Waals surface area contributed by atoms with Crippen molar-refractivity contribution < 1.29 is 9.21 Å². The van der Waals surface area contributed by atoms with Gasteiger partial charge in [-0.1, -0.05) is 24.3 Å². The Hall–Kier alpha value is -2.55. The van der Waals surface area contributed by atoms with Crippen LogP contribution in [0.5, 0.6) is 0 Å². The lowest BCUT2D eigenvalue weighted by Gasteiger charge is -2.01. The molecule has 0 aliphatic heterocycles. The van der Waals surface area contributed by atoms with E-state index in [1.165, 1.54) is 0 Å². The fraction of sp³-hybridized carbons (Fsp3) is 0. The molecule has 2 aromatic carbocycles. The maximum Gasteiger partial charge on any atom is 0.152 e. The van der Waals surface area contributed by atoms with Crippen molar-refractivity contribution in [1.29, 1.82) is 0 Å². The van der Waals surface area contributed by atoms with Crippen molar-refractivity contribution in [2.45, 2.75) is 0 Å². The van der Waals surface area contributed by atoms with E-state index >= 15 is 0 Å². The Balaban J connectivity index is 2.14.